The summed E-state index contributed by atoms with van der Waals surface area (Å²) in [6, 6.07) is 6.26. The number of piperidine rings is 1. The van der Waals surface area contributed by atoms with Crippen molar-refractivity contribution < 1.29 is 9.26 Å². The second-order valence-corrected chi connectivity index (χ2v) is 6.24. The zero-order chi connectivity index (χ0) is 14.8. The number of rotatable bonds is 3. The Morgan fingerprint density at radius 2 is 2.29 bits per heavy atom. The topological polar surface area (TPSA) is 60.2 Å². The summed E-state index contributed by atoms with van der Waals surface area (Å²) in [5.41, 5.74) is 0.916. The van der Waals surface area contributed by atoms with Gasteiger partial charge in [-0.15, -0.1) is 0 Å². The summed E-state index contributed by atoms with van der Waals surface area (Å²) in [6.07, 6.45) is 2.08. The minimum absolute atomic E-state index is 0.351. The molecule has 1 aromatic heterocycles. The van der Waals surface area contributed by atoms with Gasteiger partial charge in [0.15, 0.2) is 0 Å². The van der Waals surface area contributed by atoms with Crippen molar-refractivity contribution in [1.82, 2.24) is 15.5 Å². The Labute approximate surface area is 132 Å². The van der Waals surface area contributed by atoms with E-state index in [1.54, 1.807) is 7.11 Å². The second-order valence-electron chi connectivity index (χ2n) is 5.38. The van der Waals surface area contributed by atoms with E-state index < -0.39 is 0 Å². The van der Waals surface area contributed by atoms with Crippen molar-refractivity contribution in [2.24, 2.45) is 0 Å². The van der Waals surface area contributed by atoms with Gasteiger partial charge in [0.1, 0.15) is 5.75 Å². The summed E-state index contributed by atoms with van der Waals surface area (Å²) in [4.78, 5) is 4.57. The van der Waals surface area contributed by atoms with E-state index in [0.717, 1.165) is 41.1 Å². The van der Waals surface area contributed by atoms with Gasteiger partial charge in [0, 0.05) is 17.5 Å². The molecule has 21 heavy (non-hydrogen) atoms. The Hall–Kier alpha value is -1.40. The van der Waals surface area contributed by atoms with Gasteiger partial charge >= 0.3 is 0 Å². The highest BCUT2D eigenvalue weighted by atomic mass is 79.9. The monoisotopic (exact) mass is 351 g/mol. The maximum atomic E-state index is 5.47. The van der Waals surface area contributed by atoms with Gasteiger partial charge in [0.2, 0.25) is 11.7 Å². The fourth-order valence-corrected chi connectivity index (χ4v) is 3.22. The Bertz CT molecular complexity index is 629. The number of methoxy groups -OCH3 is 1. The minimum Gasteiger partial charge on any atom is -0.496 e. The van der Waals surface area contributed by atoms with Crippen LogP contribution in [0.5, 0.6) is 5.75 Å². The lowest BCUT2D eigenvalue weighted by molar-refractivity contribution is 0.295. The van der Waals surface area contributed by atoms with Gasteiger partial charge in [-0.1, -0.05) is 5.16 Å². The summed E-state index contributed by atoms with van der Waals surface area (Å²) < 4.78 is 11.6. The highest BCUT2D eigenvalue weighted by Gasteiger charge is 2.25. The normalized spacial score (nSPS) is 22.2. The maximum absolute atomic E-state index is 5.47. The zero-order valence-electron chi connectivity index (χ0n) is 12.1. The van der Waals surface area contributed by atoms with E-state index in [1.807, 2.05) is 18.2 Å². The van der Waals surface area contributed by atoms with E-state index >= 15 is 0 Å². The lowest BCUT2D eigenvalue weighted by atomic mass is 9.93. The molecule has 0 amide bonds. The molecular weight excluding hydrogens is 334 g/mol. The summed E-state index contributed by atoms with van der Waals surface area (Å²) >= 11 is 3.48. The molecule has 1 saturated heterocycles. The lowest BCUT2D eigenvalue weighted by Crippen LogP contribution is -2.34. The van der Waals surface area contributed by atoms with Gasteiger partial charge < -0.3 is 14.6 Å². The van der Waals surface area contributed by atoms with Crippen molar-refractivity contribution in [1.29, 1.82) is 0 Å². The van der Waals surface area contributed by atoms with Crippen LogP contribution in [0.3, 0.4) is 0 Å². The average Bonchev–Trinajstić information content (AvgIpc) is 2.97. The number of nitrogens with one attached hydrogen (secondary N) is 1. The van der Waals surface area contributed by atoms with Crippen LogP contribution in [0.4, 0.5) is 0 Å². The molecule has 6 heteroatoms. The molecule has 0 saturated carbocycles. The van der Waals surface area contributed by atoms with Crippen LogP contribution < -0.4 is 10.1 Å². The number of aromatic nitrogens is 2. The van der Waals surface area contributed by atoms with Gasteiger partial charge in [-0.25, -0.2) is 0 Å². The van der Waals surface area contributed by atoms with Crippen LogP contribution in [0.2, 0.25) is 0 Å². The number of ether oxygens (including phenoxy) is 1. The molecule has 2 aromatic rings. The highest BCUT2D eigenvalue weighted by Crippen LogP contribution is 2.31. The Morgan fingerprint density at radius 1 is 1.43 bits per heavy atom. The third-order valence-electron chi connectivity index (χ3n) is 3.82. The van der Waals surface area contributed by atoms with Crippen molar-refractivity contribution in [2.75, 3.05) is 13.7 Å². The van der Waals surface area contributed by atoms with Crippen molar-refractivity contribution >= 4 is 15.9 Å². The summed E-state index contributed by atoms with van der Waals surface area (Å²) in [5.74, 6) is 2.50. The van der Waals surface area contributed by atoms with Crippen LogP contribution in [0.1, 0.15) is 31.6 Å². The highest BCUT2D eigenvalue weighted by molar-refractivity contribution is 9.10. The standard InChI is InChI=1S/C15H18BrN3O2/c1-9-7-11(5-6-17-9)15-18-14(19-21-15)10-3-4-13(20-2)12(16)8-10/h3-4,8-9,11,17H,5-7H2,1-2H3. The molecule has 1 aliphatic heterocycles. The van der Waals surface area contributed by atoms with Crippen LogP contribution in [0, 0.1) is 0 Å². The van der Waals surface area contributed by atoms with E-state index in [-0.39, 0.29) is 0 Å². The van der Waals surface area contributed by atoms with Crippen molar-refractivity contribution in [3.8, 4) is 17.1 Å². The minimum atomic E-state index is 0.351. The number of hydrogen-bond acceptors (Lipinski definition) is 5. The molecule has 0 bridgehead atoms. The predicted molar refractivity (Wildman–Crippen MR) is 83.4 cm³/mol. The van der Waals surface area contributed by atoms with Gasteiger partial charge in [-0.05, 0) is 60.4 Å². The van der Waals surface area contributed by atoms with Gasteiger partial charge in [-0.3, -0.25) is 0 Å². The molecule has 2 atom stereocenters. The quantitative estimate of drug-likeness (QED) is 0.918. The zero-order valence-corrected chi connectivity index (χ0v) is 13.7. The Kier molecular flexibility index (Phi) is 4.26. The first-order valence-electron chi connectivity index (χ1n) is 7.08. The SMILES string of the molecule is COc1ccc(-c2noc(C3CCNC(C)C3)n2)cc1Br. The molecule has 0 spiro atoms. The number of hydrogen-bond donors (Lipinski definition) is 1. The second kappa shape index (κ2) is 6.15. The third-order valence-corrected chi connectivity index (χ3v) is 4.44. The Balaban J connectivity index is 1.82. The van der Waals surface area contributed by atoms with Crippen LogP contribution in [-0.4, -0.2) is 29.8 Å². The molecule has 3 rings (SSSR count). The summed E-state index contributed by atoms with van der Waals surface area (Å²) in [6.45, 7) is 3.18. The maximum Gasteiger partial charge on any atom is 0.230 e. The molecule has 1 aromatic carbocycles. The van der Waals surface area contributed by atoms with Crippen molar-refractivity contribution in [3.63, 3.8) is 0 Å². The van der Waals surface area contributed by atoms with E-state index in [9.17, 15) is 0 Å². The fraction of sp³-hybridized carbons (Fsp3) is 0.467. The van der Waals surface area contributed by atoms with E-state index in [1.165, 1.54) is 0 Å². The van der Waals surface area contributed by atoms with E-state index in [2.05, 4.69) is 38.3 Å². The molecule has 1 N–H and O–H groups in total. The number of halogens is 1. The predicted octanol–water partition coefficient (Wildman–Crippen LogP) is 3.36. The van der Waals surface area contributed by atoms with E-state index in [4.69, 9.17) is 9.26 Å². The number of nitrogens with zero attached hydrogens (tertiary/aromatic N) is 2. The lowest BCUT2D eigenvalue weighted by Gasteiger charge is -2.25. The van der Waals surface area contributed by atoms with E-state index in [0.29, 0.717) is 17.8 Å². The molecule has 2 heterocycles. The molecule has 112 valence electrons. The van der Waals surface area contributed by atoms with Gasteiger partial charge in [-0.2, -0.15) is 4.98 Å². The third kappa shape index (κ3) is 3.11. The summed E-state index contributed by atoms with van der Waals surface area (Å²) in [5, 5.41) is 7.55. The first-order valence-corrected chi connectivity index (χ1v) is 7.87. The molecule has 5 nitrogen and oxygen atoms in total. The van der Waals surface area contributed by atoms with Gasteiger partial charge in [0.05, 0.1) is 11.6 Å². The van der Waals surface area contributed by atoms with Crippen LogP contribution in [0.15, 0.2) is 27.2 Å². The first kappa shape index (κ1) is 14.5. The molecule has 2 unspecified atom stereocenters. The van der Waals surface area contributed by atoms with Crippen LogP contribution >= 0.6 is 15.9 Å². The van der Waals surface area contributed by atoms with Crippen LogP contribution in [-0.2, 0) is 0 Å². The van der Waals surface area contributed by atoms with Crippen molar-refractivity contribution in [3.05, 3.63) is 28.6 Å². The molecule has 1 aliphatic rings. The first-order chi connectivity index (χ1) is 10.2. The molecular formula is C15H18BrN3O2. The molecule has 0 aliphatic carbocycles. The average molecular weight is 352 g/mol. The fourth-order valence-electron chi connectivity index (χ4n) is 2.68. The smallest absolute Gasteiger partial charge is 0.230 e. The van der Waals surface area contributed by atoms with Crippen molar-refractivity contribution in [2.45, 2.75) is 31.7 Å². The molecule has 1 fully saturated rings. The largest absolute Gasteiger partial charge is 0.496 e. The van der Waals surface area contributed by atoms with Gasteiger partial charge in [0.25, 0.3) is 0 Å². The van der Waals surface area contributed by atoms with Crippen LogP contribution in [0.25, 0.3) is 11.4 Å². The Morgan fingerprint density at radius 3 is 3.00 bits per heavy atom. The molecule has 0 radical (unpaired) electrons. The number of benzene rings is 1. The summed E-state index contributed by atoms with van der Waals surface area (Å²) in [7, 11) is 1.64.